The van der Waals surface area contributed by atoms with Gasteiger partial charge in [-0.15, -0.1) is 0 Å². The maximum atomic E-state index is 12.2. The molecule has 0 unspecified atom stereocenters. The zero-order chi connectivity index (χ0) is 20.6. The summed E-state index contributed by atoms with van der Waals surface area (Å²) < 4.78 is 5.05. The Labute approximate surface area is 169 Å². The van der Waals surface area contributed by atoms with Gasteiger partial charge in [-0.3, -0.25) is 4.79 Å². The molecule has 0 bridgehead atoms. The summed E-state index contributed by atoms with van der Waals surface area (Å²) in [5.74, 6) is -1.03. The molecule has 1 aliphatic rings. The molecule has 1 aliphatic carbocycles. The summed E-state index contributed by atoms with van der Waals surface area (Å²) in [5.41, 5.74) is 2.96. The predicted octanol–water partition coefficient (Wildman–Crippen LogP) is 2.93. The van der Waals surface area contributed by atoms with E-state index in [1.165, 1.54) is 12.5 Å². The maximum Gasteiger partial charge on any atom is 0.328 e. The van der Waals surface area contributed by atoms with E-state index in [0.29, 0.717) is 5.69 Å². The van der Waals surface area contributed by atoms with Crippen LogP contribution in [0.1, 0.15) is 36.9 Å². The van der Waals surface area contributed by atoms with E-state index in [2.05, 4.69) is 22.0 Å². The number of nitrogens with one attached hydrogen (secondary N) is 3. The second-order valence-corrected chi connectivity index (χ2v) is 7.01. The van der Waals surface area contributed by atoms with Crippen molar-refractivity contribution in [2.24, 2.45) is 0 Å². The molecule has 3 rings (SSSR count). The van der Waals surface area contributed by atoms with E-state index in [9.17, 15) is 14.4 Å². The summed E-state index contributed by atoms with van der Waals surface area (Å²) in [6.07, 6.45) is 2.86. The minimum atomic E-state index is -0.887. The van der Waals surface area contributed by atoms with Gasteiger partial charge in [0, 0.05) is 5.69 Å². The Bertz CT molecular complexity index is 869. The van der Waals surface area contributed by atoms with Gasteiger partial charge in [0.05, 0.1) is 6.04 Å². The lowest BCUT2D eigenvalue weighted by Gasteiger charge is -2.26. The monoisotopic (exact) mass is 395 g/mol. The van der Waals surface area contributed by atoms with Crippen LogP contribution in [0.3, 0.4) is 0 Å². The summed E-state index contributed by atoms with van der Waals surface area (Å²) in [7, 11) is 0. The molecule has 29 heavy (non-hydrogen) atoms. The first-order valence-electron chi connectivity index (χ1n) is 9.69. The van der Waals surface area contributed by atoms with Crippen LogP contribution in [0.15, 0.2) is 54.6 Å². The number of aryl methyl sites for hydroxylation is 1. The van der Waals surface area contributed by atoms with Crippen molar-refractivity contribution in [3.05, 3.63) is 65.7 Å². The van der Waals surface area contributed by atoms with Gasteiger partial charge in [0.2, 0.25) is 0 Å². The van der Waals surface area contributed by atoms with Crippen LogP contribution in [0, 0.1) is 0 Å². The lowest BCUT2D eigenvalue weighted by molar-refractivity contribution is -0.150. The van der Waals surface area contributed by atoms with Crippen molar-refractivity contribution >= 4 is 23.6 Å². The highest BCUT2D eigenvalue weighted by Crippen LogP contribution is 2.29. The molecule has 2 aromatic rings. The highest BCUT2D eigenvalue weighted by Gasteiger charge is 2.23. The molecule has 0 heterocycles. The number of rotatable bonds is 6. The van der Waals surface area contributed by atoms with Crippen molar-refractivity contribution in [2.75, 3.05) is 11.9 Å². The van der Waals surface area contributed by atoms with Crippen LogP contribution < -0.4 is 16.0 Å². The van der Waals surface area contributed by atoms with Crippen molar-refractivity contribution < 1.29 is 19.1 Å². The van der Waals surface area contributed by atoms with Crippen molar-refractivity contribution in [1.29, 1.82) is 0 Å². The third-order valence-corrected chi connectivity index (χ3v) is 4.78. The zero-order valence-corrected chi connectivity index (χ0v) is 16.3. The summed E-state index contributed by atoms with van der Waals surface area (Å²) in [4.78, 5) is 36.2. The van der Waals surface area contributed by atoms with Gasteiger partial charge in [0.25, 0.3) is 5.91 Å². The van der Waals surface area contributed by atoms with Crippen LogP contribution in [0.2, 0.25) is 0 Å². The molecular weight excluding hydrogens is 370 g/mol. The summed E-state index contributed by atoms with van der Waals surface area (Å²) in [6, 6.07) is 15.4. The molecule has 3 N–H and O–H groups in total. The fourth-order valence-electron chi connectivity index (χ4n) is 3.35. The molecule has 7 nitrogen and oxygen atoms in total. The number of carbonyl (C=O) groups excluding carboxylic acids is 3. The average molecular weight is 395 g/mol. The van der Waals surface area contributed by atoms with Gasteiger partial charge in [-0.2, -0.15) is 0 Å². The Morgan fingerprint density at radius 3 is 2.59 bits per heavy atom. The SMILES string of the molecule is C[C@H](NC(=O)Nc1ccccc1)C(=O)OCC(=O)N[C@H]1CCCc2ccccc21. The second kappa shape index (κ2) is 9.73. The number of hydrogen-bond acceptors (Lipinski definition) is 4. The molecule has 0 saturated carbocycles. The molecule has 0 spiro atoms. The molecule has 152 valence electrons. The average Bonchev–Trinajstić information content (AvgIpc) is 2.73. The van der Waals surface area contributed by atoms with Gasteiger partial charge in [-0.25, -0.2) is 9.59 Å². The van der Waals surface area contributed by atoms with Gasteiger partial charge in [-0.05, 0) is 49.4 Å². The van der Waals surface area contributed by atoms with E-state index in [0.717, 1.165) is 24.8 Å². The van der Waals surface area contributed by atoms with E-state index in [1.807, 2.05) is 24.3 Å². The summed E-state index contributed by atoms with van der Waals surface area (Å²) >= 11 is 0. The first-order chi connectivity index (χ1) is 14.0. The molecule has 0 aromatic heterocycles. The first kappa shape index (κ1) is 20.4. The normalized spacial score (nSPS) is 16.1. The Balaban J connectivity index is 1.43. The number of fused-ring (bicyclic) bond motifs is 1. The zero-order valence-electron chi connectivity index (χ0n) is 16.3. The predicted molar refractivity (Wildman–Crippen MR) is 109 cm³/mol. The maximum absolute atomic E-state index is 12.2. The highest BCUT2D eigenvalue weighted by molar-refractivity contribution is 5.92. The van der Waals surface area contributed by atoms with Crippen LogP contribution >= 0.6 is 0 Å². The number of carbonyl (C=O) groups is 3. The number of esters is 1. The number of hydrogen-bond donors (Lipinski definition) is 3. The van der Waals surface area contributed by atoms with Crippen molar-refractivity contribution in [2.45, 2.75) is 38.3 Å². The largest absolute Gasteiger partial charge is 0.454 e. The number of amides is 3. The number of anilines is 1. The highest BCUT2D eigenvalue weighted by atomic mass is 16.5. The topological polar surface area (TPSA) is 96.5 Å². The van der Waals surface area contributed by atoms with Crippen LogP contribution in [0.4, 0.5) is 10.5 Å². The fraction of sp³-hybridized carbons (Fsp3) is 0.318. The minimum Gasteiger partial charge on any atom is -0.454 e. The Kier molecular flexibility index (Phi) is 6.84. The Morgan fingerprint density at radius 1 is 1.07 bits per heavy atom. The van der Waals surface area contributed by atoms with E-state index in [-0.39, 0.29) is 18.6 Å². The third kappa shape index (κ3) is 5.81. The first-order valence-corrected chi connectivity index (χ1v) is 9.69. The number of benzene rings is 2. The van der Waals surface area contributed by atoms with Gasteiger partial charge in [0.15, 0.2) is 6.61 Å². The van der Waals surface area contributed by atoms with Crippen LogP contribution in [-0.2, 0) is 20.7 Å². The number of ether oxygens (including phenoxy) is 1. The van der Waals surface area contributed by atoms with E-state index in [4.69, 9.17) is 4.74 Å². The standard InChI is InChI=1S/C22H25N3O4/c1-15(23-22(28)24-17-10-3-2-4-11-17)21(27)29-14-20(26)25-19-13-7-9-16-8-5-6-12-18(16)19/h2-6,8,10-12,15,19H,7,9,13-14H2,1H3,(H,25,26)(H2,23,24,28)/t15-,19-/m0/s1. The van der Waals surface area contributed by atoms with Gasteiger partial charge >= 0.3 is 12.0 Å². The number of urea groups is 1. The van der Waals surface area contributed by atoms with Gasteiger partial charge in [-0.1, -0.05) is 42.5 Å². The lowest BCUT2D eigenvalue weighted by Crippen LogP contribution is -2.43. The molecule has 7 heteroatoms. The molecule has 0 saturated heterocycles. The van der Waals surface area contributed by atoms with Crippen LogP contribution in [-0.4, -0.2) is 30.6 Å². The molecular formula is C22H25N3O4. The Morgan fingerprint density at radius 2 is 1.79 bits per heavy atom. The van der Waals surface area contributed by atoms with E-state index in [1.54, 1.807) is 24.3 Å². The van der Waals surface area contributed by atoms with Crippen LogP contribution in [0.5, 0.6) is 0 Å². The van der Waals surface area contributed by atoms with Crippen molar-refractivity contribution in [3.63, 3.8) is 0 Å². The van der Waals surface area contributed by atoms with Crippen molar-refractivity contribution in [1.82, 2.24) is 10.6 Å². The lowest BCUT2D eigenvalue weighted by atomic mass is 9.88. The second-order valence-electron chi connectivity index (χ2n) is 7.01. The summed E-state index contributed by atoms with van der Waals surface area (Å²) in [6.45, 7) is 1.12. The smallest absolute Gasteiger partial charge is 0.328 e. The number of para-hydroxylation sites is 1. The molecule has 0 fully saturated rings. The van der Waals surface area contributed by atoms with E-state index >= 15 is 0 Å². The quantitative estimate of drug-likeness (QED) is 0.655. The Hall–Kier alpha value is -3.35. The summed E-state index contributed by atoms with van der Waals surface area (Å²) in [5, 5.41) is 8.04. The van der Waals surface area contributed by atoms with E-state index < -0.39 is 18.0 Å². The molecule has 0 radical (unpaired) electrons. The van der Waals surface area contributed by atoms with Crippen LogP contribution in [0.25, 0.3) is 0 Å². The molecule has 3 amide bonds. The third-order valence-electron chi connectivity index (χ3n) is 4.78. The fourth-order valence-corrected chi connectivity index (χ4v) is 3.35. The molecule has 2 atom stereocenters. The van der Waals surface area contributed by atoms with Gasteiger partial charge in [0.1, 0.15) is 6.04 Å². The van der Waals surface area contributed by atoms with Gasteiger partial charge < -0.3 is 20.7 Å². The molecule has 2 aromatic carbocycles. The molecule has 0 aliphatic heterocycles. The van der Waals surface area contributed by atoms with Crippen molar-refractivity contribution in [3.8, 4) is 0 Å². The minimum absolute atomic E-state index is 0.0710.